The lowest BCUT2D eigenvalue weighted by molar-refractivity contribution is -0.117. The number of para-hydroxylation sites is 1. The quantitative estimate of drug-likeness (QED) is 0.200. The van der Waals surface area contributed by atoms with E-state index in [-0.39, 0.29) is 12.0 Å². The molecule has 1 atom stereocenters. The van der Waals surface area contributed by atoms with Crippen molar-refractivity contribution in [2.24, 2.45) is 0 Å². The maximum Gasteiger partial charge on any atom is 0.251 e. The number of hydrogen-bond donors (Lipinski definition) is 1. The lowest BCUT2D eigenvalue weighted by Crippen LogP contribution is -2.15. The number of fused-ring (bicyclic) bond motifs is 1. The van der Waals surface area contributed by atoms with Crippen molar-refractivity contribution in [3.63, 3.8) is 0 Å². The average Bonchev–Trinajstić information content (AvgIpc) is 3.58. The van der Waals surface area contributed by atoms with Crippen LogP contribution in [-0.4, -0.2) is 30.6 Å². The highest BCUT2D eigenvalue weighted by atomic mass is 32.2. The predicted octanol–water partition coefficient (Wildman–Crippen LogP) is 8.21. The Balaban J connectivity index is 0.000000710. The van der Waals surface area contributed by atoms with Crippen LogP contribution in [0, 0.1) is 6.92 Å². The third kappa shape index (κ3) is 9.21. The molecule has 5 rings (SSSR count). The van der Waals surface area contributed by atoms with Crippen molar-refractivity contribution in [3.8, 4) is 28.9 Å². The van der Waals surface area contributed by atoms with Crippen molar-refractivity contribution in [1.82, 2.24) is 9.71 Å². The van der Waals surface area contributed by atoms with Crippen molar-refractivity contribution in [2.45, 2.75) is 73.3 Å². The van der Waals surface area contributed by atoms with Gasteiger partial charge in [0.2, 0.25) is 5.88 Å². The highest BCUT2D eigenvalue weighted by Crippen LogP contribution is 2.44. The Morgan fingerprint density at radius 2 is 1.73 bits per heavy atom. The number of carbonyl (C=O) groups excluding carboxylic acids is 1. The van der Waals surface area contributed by atoms with Gasteiger partial charge in [-0.3, -0.25) is 13.8 Å². The number of pyridine rings is 1. The maximum absolute atomic E-state index is 11.4. The molecule has 8 nitrogen and oxygen atoms in total. The summed E-state index contributed by atoms with van der Waals surface area (Å²) < 4.78 is 28.7. The second kappa shape index (κ2) is 16.6. The first kappa shape index (κ1) is 31.9. The molecule has 222 valence electrons. The Kier molecular flexibility index (Phi) is 12.9. The summed E-state index contributed by atoms with van der Waals surface area (Å²) in [6.45, 7) is 13.9. The zero-order valence-electron chi connectivity index (χ0n) is 25.1. The molecule has 1 fully saturated rings. The minimum absolute atomic E-state index is 0.00436. The monoisotopic (exact) mass is 581 g/mol. The molecule has 41 heavy (non-hydrogen) atoms. The third-order valence-corrected chi connectivity index (χ3v) is 6.55. The Morgan fingerprint density at radius 1 is 1.00 bits per heavy atom. The highest BCUT2D eigenvalue weighted by molar-refractivity contribution is 7.99. The molecule has 3 aromatic rings. The van der Waals surface area contributed by atoms with Crippen molar-refractivity contribution in [3.05, 3.63) is 65.9 Å². The van der Waals surface area contributed by atoms with Gasteiger partial charge in [0.25, 0.3) is 5.91 Å². The number of aromatic nitrogens is 1. The molecule has 1 N–H and O–H groups in total. The van der Waals surface area contributed by atoms with Crippen LogP contribution in [-0.2, 0) is 4.79 Å². The smallest absolute Gasteiger partial charge is 0.251 e. The number of amides is 1. The first-order valence-corrected chi connectivity index (χ1v) is 15.2. The van der Waals surface area contributed by atoms with Gasteiger partial charge in [0.05, 0.1) is 24.4 Å². The number of anilines is 1. The standard InChI is InChI=1S/C26H27N3O5S.2C3H8/c1-3-4-14-31-25-13-12-21(17(2)27-25)34-22-7-5-6-20-23(16-32-26(20)22)33-19-10-8-18(9-11-19)29-15-24(30)28-35-29;2*1-3-2/h5-13,23H,3-4,14-16H2,1-2H3,(H,28,30);2*3H2,1-2H3. The molecule has 0 aliphatic carbocycles. The van der Waals surface area contributed by atoms with Gasteiger partial charge in [0.1, 0.15) is 24.7 Å². The maximum atomic E-state index is 11.4. The molecule has 1 amide bonds. The number of ether oxygens (including phenoxy) is 4. The van der Waals surface area contributed by atoms with Gasteiger partial charge < -0.3 is 18.9 Å². The first-order valence-electron chi connectivity index (χ1n) is 14.5. The summed E-state index contributed by atoms with van der Waals surface area (Å²) in [5, 5.41) is 0. The average molecular weight is 582 g/mol. The fourth-order valence-electron chi connectivity index (χ4n) is 3.82. The molecule has 1 unspecified atom stereocenters. The molecular formula is C32H43N3O5S. The summed E-state index contributed by atoms with van der Waals surface area (Å²) in [5.74, 6) is 3.27. The van der Waals surface area contributed by atoms with Gasteiger partial charge in [-0.05, 0) is 49.7 Å². The Labute approximate surface area is 249 Å². The van der Waals surface area contributed by atoms with Gasteiger partial charge in [-0.2, -0.15) is 0 Å². The van der Waals surface area contributed by atoms with Crippen molar-refractivity contribution < 1.29 is 23.7 Å². The molecule has 0 bridgehead atoms. The van der Waals surface area contributed by atoms with Gasteiger partial charge in [-0.1, -0.05) is 66.0 Å². The second-order valence-corrected chi connectivity index (χ2v) is 10.5. The Hall–Kier alpha value is -3.59. The van der Waals surface area contributed by atoms with Gasteiger partial charge >= 0.3 is 0 Å². The zero-order valence-corrected chi connectivity index (χ0v) is 25.9. The molecule has 0 saturated carbocycles. The molecular weight excluding hydrogens is 538 g/mol. The summed E-state index contributed by atoms with van der Waals surface area (Å²) in [7, 11) is 0. The number of carbonyl (C=O) groups is 1. The number of rotatable bonds is 9. The van der Waals surface area contributed by atoms with Crippen LogP contribution in [0.3, 0.4) is 0 Å². The van der Waals surface area contributed by atoms with Crippen molar-refractivity contribution in [1.29, 1.82) is 0 Å². The van der Waals surface area contributed by atoms with Crippen LogP contribution < -0.4 is 28.0 Å². The summed E-state index contributed by atoms with van der Waals surface area (Å²) >= 11 is 1.29. The van der Waals surface area contributed by atoms with E-state index >= 15 is 0 Å². The van der Waals surface area contributed by atoms with Gasteiger partial charge in [-0.25, -0.2) is 4.98 Å². The first-order chi connectivity index (χ1) is 19.9. The molecule has 9 heteroatoms. The molecule has 2 aromatic carbocycles. The highest BCUT2D eigenvalue weighted by Gasteiger charge is 2.29. The van der Waals surface area contributed by atoms with E-state index in [4.69, 9.17) is 18.9 Å². The number of aryl methyl sites for hydroxylation is 1. The van der Waals surface area contributed by atoms with Crippen LogP contribution >= 0.6 is 12.1 Å². The largest absolute Gasteiger partial charge is 0.485 e. The summed E-state index contributed by atoms with van der Waals surface area (Å²) in [5.41, 5.74) is 2.61. The van der Waals surface area contributed by atoms with E-state index in [1.54, 1.807) is 0 Å². The minimum Gasteiger partial charge on any atom is -0.485 e. The van der Waals surface area contributed by atoms with Gasteiger partial charge in [0.15, 0.2) is 17.6 Å². The van der Waals surface area contributed by atoms with Crippen LogP contribution in [0.5, 0.6) is 28.9 Å². The SMILES string of the molecule is CCC.CCC.CCCCOc1ccc(Oc2cccc3c2OCC3Oc2ccc(N3CC(=O)NS3)cc2)c(C)n1. The van der Waals surface area contributed by atoms with Crippen molar-refractivity contribution >= 4 is 23.7 Å². The van der Waals surface area contributed by atoms with Crippen LogP contribution in [0.25, 0.3) is 0 Å². The van der Waals surface area contributed by atoms with Gasteiger partial charge in [0, 0.05) is 17.3 Å². The van der Waals surface area contributed by atoms with E-state index in [1.165, 1.54) is 25.0 Å². The fraction of sp³-hybridized carbons (Fsp3) is 0.438. The Bertz CT molecular complexity index is 1240. The molecule has 1 saturated heterocycles. The molecule has 3 heterocycles. The van der Waals surface area contributed by atoms with E-state index in [0.717, 1.165) is 35.5 Å². The zero-order chi connectivity index (χ0) is 29.6. The minimum atomic E-state index is -0.252. The molecule has 0 radical (unpaired) electrons. The van der Waals surface area contributed by atoms with Gasteiger partial charge in [-0.15, -0.1) is 0 Å². The molecule has 1 aromatic heterocycles. The normalized spacial score (nSPS) is 14.9. The molecule has 2 aliphatic heterocycles. The van der Waals surface area contributed by atoms with Crippen LogP contribution in [0.2, 0.25) is 0 Å². The summed E-state index contributed by atoms with van der Waals surface area (Å²) in [6.07, 6.45) is 4.32. The number of unbranched alkanes of at least 4 members (excludes halogenated alkanes) is 1. The number of benzene rings is 2. The lowest BCUT2D eigenvalue weighted by atomic mass is 10.1. The number of nitrogens with one attached hydrogen (secondary N) is 1. The topological polar surface area (TPSA) is 82.2 Å². The lowest BCUT2D eigenvalue weighted by Gasteiger charge is -2.16. The summed E-state index contributed by atoms with van der Waals surface area (Å²) in [6, 6.07) is 17.2. The van der Waals surface area contributed by atoms with E-state index in [2.05, 4.69) is 44.3 Å². The van der Waals surface area contributed by atoms with Crippen LogP contribution in [0.1, 0.15) is 77.7 Å². The molecule has 0 spiro atoms. The van der Waals surface area contributed by atoms with Crippen molar-refractivity contribution in [2.75, 3.05) is 24.1 Å². The van der Waals surface area contributed by atoms with Crippen LogP contribution in [0.15, 0.2) is 54.6 Å². The Morgan fingerprint density at radius 3 is 2.37 bits per heavy atom. The number of hydrogen-bond acceptors (Lipinski definition) is 8. The predicted molar refractivity (Wildman–Crippen MR) is 166 cm³/mol. The molecule has 2 aliphatic rings. The van der Waals surface area contributed by atoms with E-state index in [0.29, 0.717) is 42.9 Å². The summed E-state index contributed by atoms with van der Waals surface area (Å²) in [4.78, 5) is 15.9. The van der Waals surface area contributed by atoms with Crippen LogP contribution in [0.4, 0.5) is 5.69 Å². The third-order valence-electron chi connectivity index (χ3n) is 5.67. The number of nitrogens with zero attached hydrogens (tertiary/aromatic N) is 2. The second-order valence-electron chi connectivity index (χ2n) is 9.69. The fourth-order valence-corrected chi connectivity index (χ4v) is 4.51. The van der Waals surface area contributed by atoms with E-state index < -0.39 is 0 Å². The van der Waals surface area contributed by atoms with E-state index in [9.17, 15) is 4.79 Å². The van der Waals surface area contributed by atoms with E-state index in [1.807, 2.05) is 65.8 Å².